The second kappa shape index (κ2) is 5.95. The molecule has 2 aromatic rings. The first-order chi connectivity index (χ1) is 9.45. The summed E-state index contributed by atoms with van der Waals surface area (Å²) in [6, 6.07) is 5.22. The first kappa shape index (κ1) is 15.0. The van der Waals surface area contributed by atoms with Crippen LogP contribution in [0, 0.1) is 0 Å². The lowest BCUT2D eigenvalue weighted by Crippen LogP contribution is -2.03. The summed E-state index contributed by atoms with van der Waals surface area (Å²) < 4.78 is 37.6. The average Bonchev–Trinajstić information content (AvgIpc) is 2.81. The van der Waals surface area contributed by atoms with Crippen molar-refractivity contribution in [2.45, 2.75) is 39.3 Å². The summed E-state index contributed by atoms with van der Waals surface area (Å²) >= 11 is 1.57. The second-order valence-corrected chi connectivity index (χ2v) is 5.65. The Morgan fingerprint density at radius 1 is 1.10 bits per heavy atom. The van der Waals surface area contributed by atoms with Crippen LogP contribution in [0.15, 0.2) is 24.3 Å². The van der Waals surface area contributed by atoms with Crippen molar-refractivity contribution in [3.05, 3.63) is 40.4 Å². The van der Waals surface area contributed by atoms with Gasteiger partial charge < -0.3 is 0 Å². The molecule has 0 unspecified atom stereocenters. The fraction of sp³-hybridized carbons (Fsp3) is 0.400. The molecule has 0 aliphatic heterocycles. The summed E-state index contributed by atoms with van der Waals surface area (Å²) in [6.07, 6.45) is -1.44. The van der Waals surface area contributed by atoms with E-state index in [1.807, 2.05) is 0 Å². The molecule has 0 bridgehead atoms. The zero-order valence-electron chi connectivity index (χ0n) is 11.4. The van der Waals surface area contributed by atoms with E-state index < -0.39 is 11.7 Å². The largest absolute Gasteiger partial charge is 0.416 e. The summed E-state index contributed by atoms with van der Waals surface area (Å²) in [6.45, 7) is 4.17. The van der Waals surface area contributed by atoms with Crippen molar-refractivity contribution >= 4 is 11.3 Å². The van der Waals surface area contributed by atoms with Gasteiger partial charge in [-0.25, -0.2) is 4.98 Å². The minimum atomic E-state index is -4.29. The molecule has 0 N–H and O–H groups in total. The highest BCUT2D eigenvalue weighted by Gasteiger charge is 2.30. The molecule has 0 radical (unpaired) electrons. The van der Waals surface area contributed by atoms with Crippen LogP contribution in [0.5, 0.6) is 0 Å². The highest BCUT2D eigenvalue weighted by molar-refractivity contribution is 7.15. The number of aromatic nitrogens is 1. The molecule has 0 aliphatic rings. The molecule has 0 atom stereocenters. The highest BCUT2D eigenvalue weighted by atomic mass is 32.1. The average molecular weight is 299 g/mol. The molecular weight excluding hydrogens is 283 g/mol. The Kier molecular flexibility index (Phi) is 4.48. The van der Waals surface area contributed by atoms with E-state index >= 15 is 0 Å². The van der Waals surface area contributed by atoms with E-state index in [0.29, 0.717) is 0 Å². The van der Waals surface area contributed by atoms with Gasteiger partial charge in [0.15, 0.2) is 0 Å². The van der Waals surface area contributed by atoms with Gasteiger partial charge in [-0.15, -0.1) is 11.3 Å². The molecule has 1 heterocycles. The van der Waals surface area contributed by atoms with E-state index in [1.54, 1.807) is 11.3 Å². The van der Waals surface area contributed by atoms with Gasteiger partial charge in [0, 0.05) is 10.4 Å². The number of nitrogens with zero attached hydrogens (tertiary/aromatic N) is 1. The lowest BCUT2D eigenvalue weighted by molar-refractivity contribution is -0.137. The first-order valence-corrected chi connectivity index (χ1v) is 7.43. The van der Waals surface area contributed by atoms with Gasteiger partial charge in [-0.05, 0) is 25.0 Å². The van der Waals surface area contributed by atoms with Crippen molar-refractivity contribution in [2.24, 2.45) is 0 Å². The fourth-order valence-corrected chi connectivity index (χ4v) is 3.07. The molecule has 0 saturated heterocycles. The normalized spacial score (nSPS) is 11.8. The van der Waals surface area contributed by atoms with Gasteiger partial charge in [0.2, 0.25) is 0 Å². The summed E-state index contributed by atoms with van der Waals surface area (Å²) in [5.74, 6) is 0. The quantitative estimate of drug-likeness (QED) is 0.742. The number of rotatable bonds is 4. The minimum absolute atomic E-state index is 0.623. The van der Waals surface area contributed by atoms with Gasteiger partial charge in [-0.1, -0.05) is 32.4 Å². The summed E-state index contributed by atoms with van der Waals surface area (Å²) in [7, 11) is 0. The van der Waals surface area contributed by atoms with Crippen molar-refractivity contribution < 1.29 is 13.2 Å². The number of alkyl halides is 3. The third-order valence-electron chi connectivity index (χ3n) is 3.05. The fourth-order valence-electron chi connectivity index (χ4n) is 2.02. The van der Waals surface area contributed by atoms with Crippen LogP contribution in [-0.4, -0.2) is 4.98 Å². The highest BCUT2D eigenvalue weighted by Crippen LogP contribution is 2.33. The van der Waals surface area contributed by atoms with Crippen molar-refractivity contribution in [3.8, 4) is 10.6 Å². The van der Waals surface area contributed by atoms with E-state index in [9.17, 15) is 13.2 Å². The summed E-state index contributed by atoms with van der Waals surface area (Å²) in [5.41, 5.74) is 1.21. The molecule has 1 aromatic carbocycles. The van der Waals surface area contributed by atoms with Gasteiger partial charge in [-0.3, -0.25) is 0 Å². The number of hydrogen-bond donors (Lipinski definition) is 0. The Bertz CT molecular complexity index is 570. The molecule has 0 fully saturated rings. The van der Waals surface area contributed by atoms with Gasteiger partial charge in [0.1, 0.15) is 5.01 Å². The van der Waals surface area contributed by atoms with Crippen molar-refractivity contribution in [3.63, 3.8) is 0 Å². The van der Waals surface area contributed by atoms with E-state index in [2.05, 4.69) is 18.8 Å². The smallest absolute Gasteiger partial charge is 0.241 e. The van der Waals surface area contributed by atoms with Gasteiger partial charge in [-0.2, -0.15) is 13.2 Å². The first-order valence-electron chi connectivity index (χ1n) is 6.62. The minimum Gasteiger partial charge on any atom is -0.241 e. The van der Waals surface area contributed by atoms with E-state index in [1.165, 1.54) is 17.0 Å². The second-order valence-electron chi connectivity index (χ2n) is 4.57. The van der Waals surface area contributed by atoms with Crippen LogP contribution in [-0.2, 0) is 19.0 Å². The third-order valence-corrected chi connectivity index (χ3v) is 4.34. The van der Waals surface area contributed by atoms with Crippen molar-refractivity contribution in [1.82, 2.24) is 4.98 Å². The number of aryl methyl sites for hydroxylation is 2. The molecule has 0 amide bonds. The van der Waals surface area contributed by atoms with E-state index in [0.717, 1.165) is 47.7 Å². The molecular formula is C15H16F3NS. The van der Waals surface area contributed by atoms with Crippen LogP contribution >= 0.6 is 11.3 Å². The van der Waals surface area contributed by atoms with Gasteiger partial charge in [0.25, 0.3) is 0 Å². The molecule has 0 aliphatic carbocycles. The number of halogens is 3. The third kappa shape index (κ3) is 3.20. The molecule has 2 rings (SSSR count). The van der Waals surface area contributed by atoms with Gasteiger partial charge in [0.05, 0.1) is 11.3 Å². The molecule has 108 valence electrons. The van der Waals surface area contributed by atoms with Crippen molar-refractivity contribution in [1.29, 1.82) is 0 Å². The number of hydrogen-bond acceptors (Lipinski definition) is 2. The standard InChI is InChI=1S/C15H16F3NS/c1-3-5-12-13(4-2)20-14(19-12)10-6-8-11(9-7-10)15(16,17)18/h6-9H,3-5H2,1-2H3. The van der Waals surface area contributed by atoms with E-state index in [4.69, 9.17) is 0 Å². The lowest BCUT2D eigenvalue weighted by atomic mass is 10.1. The Hall–Kier alpha value is -1.36. The maximum absolute atomic E-state index is 12.5. The zero-order valence-corrected chi connectivity index (χ0v) is 12.2. The Labute approximate surface area is 120 Å². The predicted octanol–water partition coefficient (Wildman–Crippen LogP) is 5.34. The maximum atomic E-state index is 12.5. The maximum Gasteiger partial charge on any atom is 0.416 e. The summed E-state index contributed by atoms with van der Waals surface area (Å²) in [4.78, 5) is 5.79. The molecule has 5 heteroatoms. The molecule has 0 spiro atoms. The van der Waals surface area contributed by atoms with Gasteiger partial charge >= 0.3 is 6.18 Å². The van der Waals surface area contributed by atoms with Crippen LogP contribution in [0.1, 0.15) is 36.4 Å². The Morgan fingerprint density at radius 2 is 1.75 bits per heavy atom. The predicted molar refractivity (Wildman–Crippen MR) is 75.9 cm³/mol. The Morgan fingerprint density at radius 3 is 2.25 bits per heavy atom. The SMILES string of the molecule is CCCc1nc(-c2ccc(C(F)(F)F)cc2)sc1CC. The Balaban J connectivity index is 2.32. The number of benzene rings is 1. The van der Waals surface area contributed by atoms with Crippen LogP contribution in [0.25, 0.3) is 10.6 Å². The molecule has 1 aromatic heterocycles. The van der Waals surface area contributed by atoms with Crippen LogP contribution < -0.4 is 0 Å². The summed E-state index contributed by atoms with van der Waals surface area (Å²) in [5, 5.41) is 0.805. The molecule has 20 heavy (non-hydrogen) atoms. The number of thiazole rings is 1. The molecule has 0 saturated carbocycles. The van der Waals surface area contributed by atoms with Crippen LogP contribution in [0.3, 0.4) is 0 Å². The van der Waals surface area contributed by atoms with E-state index in [-0.39, 0.29) is 0 Å². The molecule has 1 nitrogen and oxygen atoms in total. The van der Waals surface area contributed by atoms with Crippen LogP contribution in [0.4, 0.5) is 13.2 Å². The zero-order chi connectivity index (χ0) is 14.8. The van der Waals surface area contributed by atoms with Crippen molar-refractivity contribution in [2.75, 3.05) is 0 Å². The topological polar surface area (TPSA) is 12.9 Å². The monoisotopic (exact) mass is 299 g/mol. The lowest BCUT2D eigenvalue weighted by Gasteiger charge is -2.06. The van der Waals surface area contributed by atoms with Crippen LogP contribution in [0.2, 0.25) is 0 Å².